The molecule has 0 bridgehead atoms. The molecule has 3 N–H and O–H groups in total. The number of nitrogens with one attached hydrogen (secondary N) is 3. The van der Waals surface area contributed by atoms with Crippen LogP contribution in [0, 0.1) is 0 Å². The van der Waals surface area contributed by atoms with Crippen LogP contribution in [0.15, 0.2) is 36.4 Å². The summed E-state index contributed by atoms with van der Waals surface area (Å²) < 4.78 is 0. The lowest BCUT2D eigenvalue weighted by atomic mass is 10.1. The molecule has 0 saturated heterocycles. The molecule has 0 fully saturated rings. The molecule has 2 heterocycles. The largest absolute Gasteiger partial charge is 0.380 e. The molecule has 0 saturated carbocycles. The molecule has 2 rings (SSSR count). The Labute approximate surface area is 148 Å². The molecule has 0 aliphatic heterocycles. The van der Waals surface area contributed by atoms with Crippen LogP contribution < -0.4 is 10.6 Å². The average molecular weight is 342 g/mol. The van der Waals surface area contributed by atoms with E-state index in [4.69, 9.17) is 0 Å². The summed E-state index contributed by atoms with van der Waals surface area (Å²) >= 11 is 0. The molecule has 7 nitrogen and oxygen atoms in total. The van der Waals surface area contributed by atoms with E-state index in [0.717, 1.165) is 11.4 Å². The van der Waals surface area contributed by atoms with Crippen molar-refractivity contribution in [2.75, 3.05) is 19.4 Å². The summed E-state index contributed by atoms with van der Waals surface area (Å²) in [5.74, 6) is 0.363. The molecule has 2 aromatic heterocycles. The third kappa shape index (κ3) is 4.37. The molecule has 7 heteroatoms. The number of hydrogen-bond acceptors (Lipinski definition) is 5. The first-order chi connectivity index (χ1) is 11.6. The monoisotopic (exact) mass is 342 g/mol. The number of allylic oxidation sites excluding steroid dienone is 2. The van der Waals surface area contributed by atoms with Crippen LogP contribution in [0.4, 0.5) is 5.82 Å². The molecular weight excluding hydrogens is 316 g/mol. The fraction of sp³-hybridized carbons (Fsp3) is 0.389. The number of rotatable bonds is 5. The van der Waals surface area contributed by atoms with Gasteiger partial charge in [0.15, 0.2) is 5.65 Å². The van der Waals surface area contributed by atoms with Gasteiger partial charge in [-0.25, -0.2) is 9.97 Å². The van der Waals surface area contributed by atoms with E-state index in [1.54, 1.807) is 18.5 Å². The Morgan fingerprint density at radius 3 is 2.60 bits per heavy atom. The third-order valence-corrected chi connectivity index (χ3v) is 3.64. The van der Waals surface area contributed by atoms with Crippen molar-refractivity contribution in [2.45, 2.75) is 33.2 Å². The number of hydrogen-bond donors (Lipinski definition) is 3. The number of carbonyl (C=O) groups excluding carboxylic acids is 1. The maximum absolute atomic E-state index is 12.5. The van der Waals surface area contributed by atoms with Gasteiger partial charge in [-0.05, 0) is 33.8 Å². The fourth-order valence-electron chi connectivity index (χ4n) is 2.20. The Bertz CT molecular complexity index is 826. The minimum absolute atomic E-state index is 0.186. The van der Waals surface area contributed by atoms with Gasteiger partial charge in [-0.2, -0.15) is 0 Å². The van der Waals surface area contributed by atoms with Gasteiger partial charge in [0.2, 0.25) is 0 Å². The van der Waals surface area contributed by atoms with Crippen LogP contribution in [-0.4, -0.2) is 45.4 Å². The van der Waals surface area contributed by atoms with Crippen LogP contribution in [0.2, 0.25) is 0 Å². The first-order valence-corrected chi connectivity index (χ1v) is 8.06. The van der Waals surface area contributed by atoms with Crippen molar-refractivity contribution in [3.63, 3.8) is 0 Å². The molecule has 2 aromatic rings. The molecule has 0 aromatic carbocycles. The lowest BCUT2D eigenvalue weighted by molar-refractivity contribution is 0.0921. The fourth-order valence-corrected chi connectivity index (χ4v) is 2.20. The number of H-pyrrole nitrogens is 1. The lowest BCUT2D eigenvalue weighted by Crippen LogP contribution is -2.40. The van der Waals surface area contributed by atoms with Crippen LogP contribution in [-0.2, 0) is 0 Å². The number of amides is 1. The normalized spacial score (nSPS) is 12.6. The van der Waals surface area contributed by atoms with Crippen molar-refractivity contribution in [1.82, 2.24) is 25.2 Å². The number of anilines is 1. The van der Waals surface area contributed by atoms with Crippen molar-refractivity contribution in [3.8, 4) is 0 Å². The van der Waals surface area contributed by atoms with Gasteiger partial charge in [0.25, 0.3) is 5.91 Å². The van der Waals surface area contributed by atoms with Gasteiger partial charge in [-0.1, -0.05) is 6.58 Å². The van der Waals surface area contributed by atoms with Gasteiger partial charge >= 0.3 is 0 Å². The first kappa shape index (κ1) is 18.5. The van der Waals surface area contributed by atoms with Crippen LogP contribution in [0.5, 0.6) is 0 Å². The van der Waals surface area contributed by atoms with E-state index < -0.39 is 0 Å². The predicted octanol–water partition coefficient (Wildman–Crippen LogP) is 2.88. The maximum Gasteiger partial charge on any atom is 0.255 e. The van der Waals surface area contributed by atoms with Crippen LogP contribution in [0.25, 0.3) is 11.2 Å². The Hall–Kier alpha value is -2.83. The van der Waals surface area contributed by atoms with Gasteiger partial charge in [-0.3, -0.25) is 4.79 Å². The molecule has 1 amide bonds. The van der Waals surface area contributed by atoms with Gasteiger partial charge in [0.1, 0.15) is 11.3 Å². The summed E-state index contributed by atoms with van der Waals surface area (Å²) in [6.07, 6.45) is 4.98. The number of aromatic nitrogens is 3. The summed E-state index contributed by atoms with van der Waals surface area (Å²) in [7, 11) is 3.91. The van der Waals surface area contributed by atoms with Crippen molar-refractivity contribution >= 4 is 22.9 Å². The van der Waals surface area contributed by atoms with E-state index in [1.807, 2.05) is 46.7 Å². The predicted molar refractivity (Wildman–Crippen MR) is 101 cm³/mol. The standard InChI is InChI=1S/C18H26N6O/c1-8-13(11(2)24(6)7)21-14-10-20-16-15(22-14)12(9-19-16)17(25)23-18(3,4)5/h8-10H,1H2,2-7H3,(H,19,20)(H,21,22)(H,23,25)/b13-11+. The molecule has 0 aliphatic rings. The molecule has 0 aliphatic carbocycles. The number of carbonyl (C=O) groups is 1. The van der Waals surface area contributed by atoms with Crippen LogP contribution in [0.3, 0.4) is 0 Å². The van der Waals surface area contributed by atoms with Crippen LogP contribution in [0.1, 0.15) is 38.1 Å². The number of fused-ring (bicyclic) bond motifs is 1. The molecule has 25 heavy (non-hydrogen) atoms. The Balaban J connectivity index is 2.39. The highest BCUT2D eigenvalue weighted by atomic mass is 16.1. The Kier molecular flexibility index (Phi) is 5.15. The number of nitrogens with zero attached hydrogens (tertiary/aromatic N) is 3. The molecule has 0 spiro atoms. The average Bonchev–Trinajstić information content (AvgIpc) is 2.93. The number of aromatic amines is 1. The second-order valence-electron chi connectivity index (χ2n) is 7.08. The minimum Gasteiger partial charge on any atom is -0.380 e. The highest BCUT2D eigenvalue weighted by molar-refractivity contribution is 6.04. The van der Waals surface area contributed by atoms with E-state index in [0.29, 0.717) is 22.5 Å². The lowest BCUT2D eigenvalue weighted by Gasteiger charge is -2.20. The van der Waals surface area contributed by atoms with Crippen molar-refractivity contribution < 1.29 is 4.79 Å². The van der Waals surface area contributed by atoms with E-state index in [2.05, 4.69) is 32.2 Å². The Morgan fingerprint density at radius 1 is 1.36 bits per heavy atom. The zero-order valence-electron chi connectivity index (χ0n) is 15.7. The van der Waals surface area contributed by atoms with Crippen molar-refractivity contribution in [1.29, 1.82) is 0 Å². The van der Waals surface area contributed by atoms with E-state index >= 15 is 0 Å². The molecule has 0 radical (unpaired) electrons. The van der Waals surface area contributed by atoms with Gasteiger partial charge in [0.05, 0.1) is 17.5 Å². The maximum atomic E-state index is 12.5. The topological polar surface area (TPSA) is 85.9 Å². The quantitative estimate of drug-likeness (QED) is 0.728. The summed E-state index contributed by atoms with van der Waals surface area (Å²) in [5, 5.41) is 6.15. The summed E-state index contributed by atoms with van der Waals surface area (Å²) in [4.78, 5) is 26.3. The van der Waals surface area contributed by atoms with Gasteiger partial charge in [0, 0.05) is 31.5 Å². The molecular formula is C18H26N6O. The zero-order valence-corrected chi connectivity index (χ0v) is 15.7. The highest BCUT2D eigenvalue weighted by Gasteiger charge is 2.20. The molecule has 134 valence electrons. The SMILES string of the molecule is C=C/C(Nc1cnc2[nH]cc(C(=O)NC(C)(C)C)c2n1)=C(/C)N(C)C. The van der Waals surface area contributed by atoms with Gasteiger partial charge < -0.3 is 20.5 Å². The van der Waals surface area contributed by atoms with E-state index in [-0.39, 0.29) is 11.4 Å². The van der Waals surface area contributed by atoms with E-state index in [9.17, 15) is 4.79 Å². The summed E-state index contributed by atoms with van der Waals surface area (Å²) in [5.41, 5.74) is 3.07. The third-order valence-electron chi connectivity index (χ3n) is 3.64. The molecule has 0 unspecified atom stereocenters. The second-order valence-corrected chi connectivity index (χ2v) is 7.08. The summed E-state index contributed by atoms with van der Waals surface area (Å²) in [6, 6.07) is 0. The smallest absolute Gasteiger partial charge is 0.255 e. The second kappa shape index (κ2) is 6.96. The highest BCUT2D eigenvalue weighted by Crippen LogP contribution is 2.19. The Morgan fingerprint density at radius 2 is 2.04 bits per heavy atom. The minimum atomic E-state index is -0.328. The van der Waals surface area contributed by atoms with Gasteiger partial charge in [-0.15, -0.1) is 0 Å². The van der Waals surface area contributed by atoms with Crippen molar-refractivity contribution in [3.05, 3.63) is 42.0 Å². The van der Waals surface area contributed by atoms with E-state index in [1.165, 1.54) is 0 Å². The zero-order chi connectivity index (χ0) is 18.8. The van der Waals surface area contributed by atoms with Crippen LogP contribution >= 0.6 is 0 Å². The first-order valence-electron chi connectivity index (χ1n) is 8.06. The molecule has 0 atom stereocenters. The van der Waals surface area contributed by atoms with Crippen molar-refractivity contribution in [2.24, 2.45) is 0 Å². The summed E-state index contributed by atoms with van der Waals surface area (Å²) in [6.45, 7) is 11.6.